The van der Waals surface area contributed by atoms with E-state index in [4.69, 9.17) is 5.73 Å². The highest BCUT2D eigenvalue weighted by Crippen LogP contribution is 2.36. The topological polar surface area (TPSA) is 107 Å². The Labute approximate surface area is 117 Å². The zero-order valence-electron chi connectivity index (χ0n) is 11.3. The minimum absolute atomic E-state index is 0.0727. The maximum atomic E-state index is 11.7. The van der Waals surface area contributed by atoms with E-state index in [-0.39, 0.29) is 22.5 Å². The molecule has 0 aliphatic carbocycles. The smallest absolute Gasteiger partial charge is 0.311 e. The molecule has 2 atom stereocenters. The highest BCUT2D eigenvalue weighted by Gasteiger charge is 2.33. The Bertz CT molecular complexity index is 634. The predicted molar refractivity (Wildman–Crippen MR) is 75.6 cm³/mol. The van der Waals surface area contributed by atoms with Crippen LogP contribution in [0.4, 0.5) is 11.4 Å². The van der Waals surface area contributed by atoms with Gasteiger partial charge >= 0.3 is 5.69 Å². The standard InChI is InChI=1S/C12H17N3O4S/c1-8-6-14(7-9(8)13)10-4-3-5-11(20(2,18)19)12(10)15(16)17/h3-5,8-9H,6-7,13H2,1-2H3. The van der Waals surface area contributed by atoms with Gasteiger partial charge in [-0.1, -0.05) is 13.0 Å². The number of rotatable bonds is 3. The van der Waals surface area contributed by atoms with Gasteiger partial charge in [-0.2, -0.15) is 0 Å². The summed E-state index contributed by atoms with van der Waals surface area (Å²) in [4.78, 5) is 12.2. The molecule has 1 saturated heterocycles. The van der Waals surface area contributed by atoms with Crippen molar-refractivity contribution in [3.8, 4) is 0 Å². The number of benzene rings is 1. The summed E-state index contributed by atoms with van der Waals surface area (Å²) in [6, 6.07) is 4.28. The molecule has 110 valence electrons. The maximum Gasteiger partial charge on any atom is 0.311 e. The largest absolute Gasteiger partial charge is 0.364 e. The third kappa shape index (κ3) is 2.61. The van der Waals surface area contributed by atoms with E-state index in [0.29, 0.717) is 18.8 Å². The van der Waals surface area contributed by atoms with Crippen molar-refractivity contribution in [3.05, 3.63) is 28.3 Å². The summed E-state index contributed by atoms with van der Waals surface area (Å²) >= 11 is 0. The molecule has 1 aliphatic heterocycles. The Morgan fingerprint density at radius 2 is 2.05 bits per heavy atom. The van der Waals surface area contributed by atoms with Crippen LogP contribution in [0.5, 0.6) is 0 Å². The summed E-state index contributed by atoms with van der Waals surface area (Å²) < 4.78 is 23.4. The van der Waals surface area contributed by atoms with Gasteiger partial charge in [0.2, 0.25) is 0 Å². The van der Waals surface area contributed by atoms with E-state index < -0.39 is 14.8 Å². The zero-order valence-corrected chi connectivity index (χ0v) is 12.1. The third-order valence-corrected chi connectivity index (χ3v) is 4.70. The minimum Gasteiger partial charge on any atom is -0.364 e. The van der Waals surface area contributed by atoms with Crippen molar-refractivity contribution in [2.45, 2.75) is 17.9 Å². The number of nitrogens with two attached hydrogens (primary N) is 1. The zero-order chi connectivity index (χ0) is 15.1. The molecular weight excluding hydrogens is 282 g/mol. The quantitative estimate of drug-likeness (QED) is 0.653. The number of hydrogen-bond donors (Lipinski definition) is 1. The second-order valence-electron chi connectivity index (χ2n) is 5.20. The second kappa shape index (κ2) is 5.02. The van der Waals surface area contributed by atoms with Gasteiger partial charge in [-0.3, -0.25) is 10.1 Å². The van der Waals surface area contributed by atoms with Crippen LogP contribution in [0.15, 0.2) is 23.1 Å². The fourth-order valence-electron chi connectivity index (χ4n) is 2.44. The van der Waals surface area contributed by atoms with Crippen molar-refractivity contribution in [1.82, 2.24) is 0 Å². The predicted octanol–water partition coefficient (Wildman–Crippen LogP) is 0.782. The first kappa shape index (κ1) is 14.7. The Morgan fingerprint density at radius 3 is 2.50 bits per heavy atom. The van der Waals surface area contributed by atoms with Crippen LogP contribution in [-0.4, -0.2) is 38.7 Å². The molecule has 0 saturated carbocycles. The lowest BCUT2D eigenvalue weighted by Crippen LogP contribution is -2.28. The van der Waals surface area contributed by atoms with Gasteiger partial charge in [0.15, 0.2) is 9.84 Å². The molecule has 1 aliphatic rings. The second-order valence-corrected chi connectivity index (χ2v) is 7.18. The molecule has 1 fully saturated rings. The van der Waals surface area contributed by atoms with Gasteiger partial charge in [0.25, 0.3) is 0 Å². The lowest BCUT2D eigenvalue weighted by molar-refractivity contribution is -0.387. The summed E-state index contributed by atoms with van der Waals surface area (Å²) in [6.45, 7) is 3.03. The van der Waals surface area contributed by atoms with Crippen molar-refractivity contribution < 1.29 is 13.3 Å². The SMILES string of the molecule is CC1CN(c2cccc(S(C)(=O)=O)c2[N+](=O)[O-])CC1N. The van der Waals surface area contributed by atoms with Crippen molar-refractivity contribution in [1.29, 1.82) is 0 Å². The molecule has 0 radical (unpaired) electrons. The average Bonchev–Trinajstić information content (AvgIpc) is 2.67. The van der Waals surface area contributed by atoms with Gasteiger partial charge in [0, 0.05) is 25.4 Å². The normalized spacial score (nSPS) is 23.1. The van der Waals surface area contributed by atoms with E-state index in [1.54, 1.807) is 11.0 Å². The first-order valence-electron chi connectivity index (χ1n) is 6.20. The first-order valence-corrected chi connectivity index (χ1v) is 8.09. The van der Waals surface area contributed by atoms with Crippen molar-refractivity contribution in [2.24, 2.45) is 11.7 Å². The molecule has 1 aromatic carbocycles. The van der Waals surface area contributed by atoms with Crippen LogP contribution >= 0.6 is 0 Å². The molecule has 0 amide bonds. The number of nitro benzene ring substituents is 1. The van der Waals surface area contributed by atoms with E-state index in [9.17, 15) is 18.5 Å². The first-order chi connectivity index (χ1) is 9.21. The summed E-state index contributed by atoms with van der Waals surface area (Å²) in [6.07, 6.45) is 0.970. The molecule has 1 heterocycles. The number of sulfone groups is 1. The fraction of sp³-hybridized carbons (Fsp3) is 0.500. The summed E-state index contributed by atoms with van der Waals surface area (Å²) in [5.41, 5.74) is 5.88. The van der Waals surface area contributed by atoms with E-state index in [1.165, 1.54) is 12.1 Å². The van der Waals surface area contributed by atoms with Crippen LogP contribution in [0.1, 0.15) is 6.92 Å². The van der Waals surface area contributed by atoms with Crippen LogP contribution < -0.4 is 10.6 Å². The van der Waals surface area contributed by atoms with Gasteiger partial charge in [-0.05, 0) is 18.1 Å². The monoisotopic (exact) mass is 299 g/mol. The van der Waals surface area contributed by atoms with Gasteiger partial charge < -0.3 is 10.6 Å². The molecule has 1 aromatic rings. The van der Waals surface area contributed by atoms with Crippen LogP contribution in [0, 0.1) is 16.0 Å². The Balaban J connectivity index is 2.57. The molecule has 8 heteroatoms. The lowest BCUT2D eigenvalue weighted by atomic mass is 10.1. The number of nitro groups is 1. The molecule has 0 bridgehead atoms. The fourth-order valence-corrected chi connectivity index (χ4v) is 3.29. The molecule has 2 N–H and O–H groups in total. The van der Waals surface area contributed by atoms with Crippen molar-refractivity contribution >= 4 is 21.2 Å². The molecule has 20 heavy (non-hydrogen) atoms. The number of para-hydroxylation sites is 1. The highest BCUT2D eigenvalue weighted by atomic mass is 32.2. The van der Waals surface area contributed by atoms with E-state index in [0.717, 1.165) is 6.26 Å². The van der Waals surface area contributed by atoms with E-state index in [1.807, 2.05) is 6.92 Å². The number of anilines is 1. The van der Waals surface area contributed by atoms with Gasteiger partial charge in [0.1, 0.15) is 10.6 Å². The summed E-state index contributed by atoms with van der Waals surface area (Å²) in [5.74, 6) is 0.205. The van der Waals surface area contributed by atoms with Gasteiger partial charge in [0.05, 0.1) is 4.92 Å². The number of nitrogens with zero attached hydrogens (tertiary/aromatic N) is 2. The molecular formula is C12H17N3O4S. The van der Waals surface area contributed by atoms with E-state index >= 15 is 0 Å². The van der Waals surface area contributed by atoms with Crippen LogP contribution in [-0.2, 0) is 9.84 Å². The molecule has 0 aromatic heterocycles. The molecule has 7 nitrogen and oxygen atoms in total. The number of hydrogen-bond acceptors (Lipinski definition) is 6. The highest BCUT2D eigenvalue weighted by molar-refractivity contribution is 7.90. The van der Waals surface area contributed by atoms with Crippen LogP contribution in [0.25, 0.3) is 0 Å². The molecule has 2 unspecified atom stereocenters. The Morgan fingerprint density at radius 1 is 1.40 bits per heavy atom. The van der Waals surface area contributed by atoms with Crippen molar-refractivity contribution in [2.75, 3.05) is 24.2 Å². The van der Waals surface area contributed by atoms with Gasteiger partial charge in [-0.25, -0.2) is 8.42 Å². The summed E-state index contributed by atoms with van der Waals surface area (Å²) in [5, 5.41) is 11.3. The maximum absolute atomic E-state index is 11.7. The Kier molecular flexibility index (Phi) is 3.70. The van der Waals surface area contributed by atoms with Crippen LogP contribution in [0.2, 0.25) is 0 Å². The lowest BCUT2D eigenvalue weighted by Gasteiger charge is -2.19. The van der Waals surface area contributed by atoms with Crippen molar-refractivity contribution in [3.63, 3.8) is 0 Å². The minimum atomic E-state index is -3.66. The molecule has 0 spiro atoms. The summed E-state index contributed by atoms with van der Waals surface area (Å²) in [7, 11) is -3.66. The third-order valence-electron chi connectivity index (χ3n) is 3.57. The Hall–Kier alpha value is -1.67. The van der Waals surface area contributed by atoms with Crippen LogP contribution in [0.3, 0.4) is 0 Å². The average molecular weight is 299 g/mol. The van der Waals surface area contributed by atoms with E-state index in [2.05, 4.69) is 0 Å². The van der Waals surface area contributed by atoms with Gasteiger partial charge in [-0.15, -0.1) is 0 Å². The molecule has 2 rings (SSSR count).